The van der Waals surface area contributed by atoms with Crippen molar-refractivity contribution in [1.29, 1.82) is 0 Å². The van der Waals surface area contributed by atoms with Gasteiger partial charge >= 0.3 is 6.18 Å². The first-order valence-electron chi connectivity index (χ1n) is 8.92. The molecule has 0 aliphatic heterocycles. The summed E-state index contributed by atoms with van der Waals surface area (Å²) in [6, 6.07) is -1.24. The Morgan fingerprint density at radius 2 is 1.86 bits per heavy atom. The van der Waals surface area contributed by atoms with E-state index in [9.17, 15) is 31.4 Å². The molecule has 0 fully saturated rings. The average molecular weight is 412 g/mol. The van der Waals surface area contributed by atoms with Gasteiger partial charge in [0.05, 0.1) is 12.0 Å². The third-order valence-corrected chi connectivity index (χ3v) is 4.50. The number of allylic oxidation sites excluding steroid dienone is 1. The Kier molecular flexibility index (Phi) is 7.62. The third-order valence-electron chi connectivity index (χ3n) is 4.50. The van der Waals surface area contributed by atoms with E-state index in [1.807, 2.05) is 0 Å². The molecule has 0 aromatic carbocycles. The summed E-state index contributed by atoms with van der Waals surface area (Å²) in [5.74, 6) is -2.88. The summed E-state index contributed by atoms with van der Waals surface area (Å²) >= 11 is 0. The van der Waals surface area contributed by atoms with E-state index in [0.717, 1.165) is 6.92 Å². The fraction of sp³-hybridized carbons (Fsp3) is 0.706. The molecule has 0 saturated heterocycles. The van der Waals surface area contributed by atoms with E-state index < -0.39 is 43.4 Å². The molecule has 1 aliphatic rings. The van der Waals surface area contributed by atoms with E-state index in [-0.39, 0.29) is 48.9 Å². The lowest BCUT2D eigenvalue weighted by Crippen LogP contribution is -2.26. The highest BCUT2D eigenvalue weighted by molar-refractivity contribution is 5.64. The van der Waals surface area contributed by atoms with E-state index in [1.165, 1.54) is 0 Å². The second-order valence-corrected chi connectivity index (χ2v) is 6.76. The molecular weight excluding hydrogens is 390 g/mol. The molecule has 0 bridgehead atoms. The molecule has 0 saturated carbocycles. The van der Waals surface area contributed by atoms with Crippen molar-refractivity contribution in [2.24, 2.45) is 5.92 Å². The molecule has 0 spiro atoms. The van der Waals surface area contributed by atoms with Crippen molar-refractivity contribution in [2.45, 2.75) is 57.3 Å². The van der Waals surface area contributed by atoms with Crippen LogP contribution in [0.3, 0.4) is 0 Å². The van der Waals surface area contributed by atoms with Gasteiger partial charge in [-0.05, 0) is 25.7 Å². The Morgan fingerprint density at radius 3 is 2.46 bits per heavy atom. The van der Waals surface area contributed by atoms with Crippen molar-refractivity contribution in [2.75, 3.05) is 18.7 Å². The van der Waals surface area contributed by atoms with Gasteiger partial charge in [0.25, 0.3) is 0 Å². The Hall–Kier alpha value is -1.91. The van der Waals surface area contributed by atoms with Gasteiger partial charge < -0.3 is 10.4 Å². The molecule has 2 N–H and O–H groups in total. The zero-order valence-electron chi connectivity index (χ0n) is 15.2. The SMILES string of the molecule is C[C@@H](CCc1nc(NC(CF)CF)nc(C2=C(F)C(O)CCC2)n1)C(F)(F)F. The van der Waals surface area contributed by atoms with E-state index in [0.29, 0.717) is 6.42 Å². The minimum atomic E-state index is -4.38. The van der Waals surface area contributed by atoms with Gasteiger partial charge in [-0.2, -0.15) is 23.1 Å². The fourth-order valence-corrected chi connectivity index (χ4v) is 2.68. The fourth-order valence-electron chi connectivity index (χ4n) is 2.68. The average Bonchev–Trinajstić information content (AvgIpc) is 2.65. The Morgan fingerprint density at radius 1 is 1.18 bits per heavy atom. The first kappa shape index (κ1) is 22.4. The quantitative estimate of drug-likeness (QED) is 0.633. The Labute approximate surface area is 158 Å². The van der Waals surface area contributed by atoms with Gasteiger partial charge in [0.15, 0.2) is 5.82 Å². The lowest BCUT2D eigenvalue weighted by atomic mass is 9.95. The number of aliphatic hydroxyl groups excluding tert-OH is 1. The first-order chi connectivity index (χ1) is 13.2. The number of alkyl halides is 5. The number of aliphatic hydroxyl groups is 1. The normalized spacial score (nSPS) is 19.2. The van der Waals surface area contributed by atoms with Crippen LogP contribution in [0.15, 0.2) is 5.83 Å². The second-order valence-electron chi connectivity index (χ2n) is 6.76. The van der Waals surface area contributed by atoms with Gasteiger partial charge in [-0.1, -0.05) is 6.92 Å². The molecule has 1 unspecified atom stereocenters. The molecule has 158 valence electrons. The maximum Gasteiger partial charge on any atom is 0.391 e. The summed E-state index contributed by atoms with van der Waals surface area (Å²) in [6.45, 7) is -1.11. The van der Waals surface area contributed by atoms with Gasteiger partial charge in [-0.25, -0.2) is 18.2 Å². The molecule has 0 amide bonds. The number of halogens is 6. The molecule has 28 heavy (non-hydrogen) atoms. The van der Waals surface area contributed by atoms with E-state index in [4.69, 9.17) is 0 Å². The van der Waals surface area contributed by atoms with E-state index in [2.05, 4.69) is 20.3 Å². The van der Waals surface area contributed by atoms with Crippen LogP contribution < -0.4 is 5.32 Å². The van der Waals surface area contributed by atoms with Crippen LogP contribution in [0.4, 0.5) is 32.3 Å². The van der Waals surface area contributed by atoms with Crippen molar-refractivity contribution >= 4 is 11.5 Å². The van der Waals surface area contributed by atoms with Crippen LogP contribution in [-0.4, -0.2) is 51.7 Å². The highest BCUT2D eigenvalue weighted by Gasteiger charge is 2.35. The number of aryl methyl sites for hydroxylation is 1. The summed E-state index contributed by atoms with van der Waals surface area (Å²) in [6.07, 6.45) is -5.27. The summed E-state index contributed by atoms with van der Waals surface area (Å²) < 4.78 is 78.1. The smallest absolute Gasteiger partial charge is 0.386 e. The molecule has 11 heteroatoms. The van der Waals surface area contributed by atoms with Crippen LogP contribution >= 0.6 is 0 Å². The second kappa shape index (κ2) is 9.53. The zero-order chi connectivity index (χ0) is 20.9. The monoisotopic (exact) mass is 412 g/mol. The van der Waals surface area contributed by atoms with Crippen LogP contribution in [0.1, 0.15) is 44.3 Å². The number of hydrogen-bond acceptors (Lipinski definition) is 5. The lowest BCUT2D eigenvalue weighted by molar-refractivity contribution is -0.171. The molecule has 1 aromatic rings. The lowest BCUT2D eigenvalue weighted by Gasteiger charge is -2.20. The molecule has 2 rings (SSSR count). The van der Waals surface area contributed by atoms with E-state index in [1.54, 1.807) is 0 Å². The van der Waals surface area contributed by atoms with Gasteiger partial charge in [0.2, 0.25) is 5.95 Å². The number of anilines is 1. The third kappa shape index (κ3) is 5.79. The number of hydrogen-bond donors (Lipinski definition) is 2. The van der Waals surface area contributed by atoms with Crippen LogP contribution in [0.25, 0.3) is 5.57 Å². The summed E-state index contributed by atoms with van der Waals surface area (Å²) in [4.78, 5) is 11.9. The number of aromatic nitrogens is 3. The molecule has 0 radical (unpaired) electrons. The van der Waals surface area contributed by atoms with E-state index >= 15 is 0 Å². The summed E-state index contributed by atoms with van der Waals surface area (Å²) in [5.41, 5.74) is 0.0198. The highest BCUT2D eigenvalue weighted by Crippen LogP contribution is 2.33. The van der Waals surface area contributed by atoms with Gasteiger partial charge in [-0.15, -0.1) is 0 Å². The van der Waals surface area contributed by atoms with Crippen molar-refractivity contribution < 1.29 is 31.4 Å². The van der Waals surface area contributed by atoms with Crippen molar-refractivity contribution in [3.8, 4) is 0 Å². The van der Waals surface area contributed by atoms with Crippen molar-refractivity contribution in [3.63, 3.8) is 0 Å². The molecule has 1 aliphatic carbocycles. The minimum Gasteiger partial charge on any atom is -0.386 e. The highest BCUT2D eigenvalue weighted by atomic mass is 19.4. The largest absolute Gasteiger partial charge is 0.391 e. The van der Waals surface area contributed by atoms with Crippen molar-refractivity contribution in [3.05, 3.63) is 17.5 Å². The topological polar surface area (TPSA) is 70.9 Å². The van der Waals surface area contributed by atoms with Gasteiger partial charge in [-0.3, -0.25) is 0 Å². The predicted octanol–water partition coefficient (Wildman–Crippen LogP) is 3.95. The zero-order valence-corrected chi connectivity index (χ0v) is 15.2. The van der Waals surface area contributed by atoms with Crippen LogP contribution in [0, 0.1) is 5.92 Å². The molecular formula is C17H22F6N4O. The summed E-state index contributed by atoms with van der Waals surface area (Å²) in [5, 5.41) is 12.1. The minimum absolute atomic E-state index is 0.0198. The predicted molar refractivity (Wildman–Crippen MR) is 90.6 cm³/mol. The molecule has 5 nitrogen and oxygen atoms in total. The number of nitrogens with one attached hydrogen (secondary N) is 1. The van der Waals surface area contributed by atoms with Crippen molar-refractivity contribution in [1.82, 2.24) is 15.0 Å². The molecule has 1 heterocycles. The van der Waals surface area contributed by atoms with Crippen LogP contribution in [0.2, 0.25) is 0 Å². The van der Waals surface area contributed by atoms with Crippen LogP contribution in [-0.2, 0) is 6.42 Å². The standard InChI is InChI=1S/C17H22F6N4O/c1-9(17(21,22)23)5-6-13-25-15(11-3-2-4-12(28)14(11)20)27-16(26-13)24-10(7-18)8-19/h9-10,12,28H,2-8H2,1H3,(H,24,25,26,27)/t9-,12?/m0/s1. The van der Waals surface area contributed by atoms with Crippen LogP contribution in [0.5, 0.6) is 0 Å². The Balaban J connectivity index is 2.34. The maximum absolute atomic E-state index is 14.3. The maximum atomic E-state index is 14.3. The summed E-state index contributed by atoms with van der Waals surface area (Å²) in [7, 11) is 0. The van der Waals surface area contributed by atoms with Gasteiger partial charge in [0, 0.05) is 12.0 Å². The van der Waals surface area contributed by atoms with Gasteiger partial charge in [0.1, 0.15) is 31.1 Å². The number of rotatable bonds is 8. The molecule has 2 atom stereocenters. The molecule has 1 aromatic heterocycles. The first-order valence-corrected chi connectivity index (χ1v) is 8.92. The number of nitrogens with zero attached hydrogens (tertiary/aromatic N) is 3. The Bertz CT molecular complexity index is 693.